The Labute approximate surface area is 117 Å². The van der Waals surface area contributed by atoms with Crippen molar-refractivity contribution in [2.45, 2.75) is 33.2 Å². The maximum Gasteiger partial charge on any atom is 0.328 e. The standard InChI is InChI=1S/C14H20BrNO2/c1-4-10(3)13(14(17)18-5-2)16-12-9-7-6-8-11(12)15/h6-10,13,16H,4-5H2,1-3H3. The third kappa shape index (κ3) is 4.02. The van der Waals surface area contributed by atoms with Crippen LogP contribution in [0, 0.1) is 5.92 Å². The number of esters is 1. The van der Waals surface area contributed by atoms with Crippen LogP contribution in [0.15, 0.2) is 28.7 Å². The molecule has 3 nitrogen and oxygen atoms in total. The normalized spacial score (nSPS) is 13.8. The molecule has 1 N–H and O–H groups in total. The third-order valence-corrected chi connectivity index (χ3v) is 3.63. The first-order valence-electron chi connectivity index (χ1n) is 6.27. The minimum Gasteiger partial charge on any atom is -0.464 e. The number of para-hydroxylation sites is 1. The first-order chi connectivity index (χ1) is 8.60. The smallest absolute Gasteiger partial charge is 0.328 e. The molecule has 2 atom stereocenters. The average Bonchev–Trinajstić information content (AvgIpc) is 2.37. The van der Waals surface area contributed by atoms with Gasteiger partial charge in [-0.05, 0) is 40.9 Å². The zero-order valence-corrected chi connectivity index (χ0v) is 12.7. The topological polar surface area (TPSA) is 38.3 Å². The molecular formula is C14H20BrNO2. The molecule has 0 aliphatic rings. The van der Waals surface area contributed by atoms with Crippen LogP contribution in [0.1, 0.15) is 27.2 Å². The minimum absolute atomic E-state index is 0.192. The highest BCUT2D eigenvalue weighted by atomic mass is 79.9. The van der Waals surface area contributed by atoms with Crippen molar-refractivity contribution in [2.75, 3.05) is 11.9 Å². The van der Waals surface area contributed by atoms with Gasteiger partial charge in [0, 0.05) is 10.2 Å². The van der Waals surface area contributed by atoms with E-state index in [1.165, 1.54) is 0 Å². The van der Waals surface area contributed by atoms with Gasteiger partial charge in [0.1, 0.15) is 6.04 Å². The summed E-state index contributed by atoms with van der Waals surface area (Å²) in [6.45, 7) is 6.34. The van der Waals surface area contributed by atoms with Crippen molar-refractivity contribution in [1.82, 2.24) is 0 Å². The van der Waals surface area contributed by atoms with Crippen LogP contribution < -0.4 is 5.32 Å². The Morgan fingerprint density at radius 3 is 2.61 bits per heavy atom. The summed E-state index contributed by atoms with van der Waals surface area (Å²) in [4.78, 5) is 12.0. The van der Waals surface area contributed by atoms with Crippen LogP contribution in [-0.2, 0) is 9.53 Å². The Bertz CT molecular complexity index is 395. The number of benzene rings is 1. The van der Waals surface area contributed by atoms with Gasteiger partial charge in [-0.2, -0.15) is 0 Å². The Balaban J connectivity index is 2.85. The number of hydrogen-bond acceptors (Lipinski definition) is 3. The van der Waals surface area contributed by atoms with Crippen LogP contribution in [0.5, 0.6) is 0 Å². The molecule has 0 saturated heterocycles. The molecule has 0 aliphatic carbocycles. The number of nitrogens with one attached hydrogen (secondary N) is 1. The second-order valence-electron chi connectivity index (χ2n) is 4.24. The van der Waals surface area contributed by atoms with Crippen molar-refractivity contribution in [1.29, 1.82) is 0 Å². The quantitative estimate of drug-likeness (QED) is 0.811. The fraction of sp³-hybridized carbons (Fsp3) is 0.500. The lowest BCUT2D eigenvalue weighted by Crippen LogP contribution is -2.37. The number of hydrogen-bond donors (Lipinski definition) is 1. The number of carbonyl (C=O) groups excluding carboxylic acids is 1. The molecule has 0 aliphatic heterocycles. The van der Waals surface area contributed by atoms with E-state index >= 15 is 0 Å². The highest BCUT2D eigenvalue weighted by Crippen LogP contribution is 2.24. The second-order valence-corrected chi connectivity index (χ2v) is 5.09. The van der Waals surface area contributed by atoms with Gasteiger partial charge < -0.3 is 10.1 Å². The van der Waals surface area contributed by atoms with Crippen LogP contribution in [0.2, 0.25) is 0 Å². The summed E-state index contributed by atoms with van der Waals surface area (Å²) in [5.41, 5.74) is 0.913. The largest absolute Gasteiger partial charge is 0.464 e. The Morgan fingerprint density at radius 1 is 1.39 bits per heavy atom. The lowest BCUT2D eigenvalue weighted by molar-refractivity contribution is -0.145. The predicted octanol–water partition coefficient (Wildman–Crippen LogP) is 3.84. The van der Waals surface area contributed by atoms with E-state index in [4.69, 9.17) is 4.74 Å². The number of carbonyl (C=O) groups is 1. The molecule has 18 heavy (non-hydrogen) atoms. The molecule has 0 radical (unpaired) electrons. The van der Waals surface area contributed by atoms with Crippen LogP contribution in [0.25, 0.3) is 0 Å². The summed E-state index contributed by atoms with van der Waals surface area (Å²) >= 11 is 3.47. The van der Waals surface area contributed by atoms with Crippen molar-refractivity contribution in [3.05, 3.63) is 28.7 Å². The van der Waals surface area contributed by atoms with Crippen LogP contribution >= 0.6 is 15.9 Å². The number of rotatable bonds is 6. The molecule has 0 amide bonds. The molecule has 0 saturated carbocycles. The van der Waals surface area contributed by atoms with Crippen molar-refractivity contribution in [3.8, 4) is 0 Å². The predicted molar refractivity (Wildman–Crippen MR) is 77.6 cm³/mol. The van der Waals surface area contributed by atoms with Gasteiger partial charge in [-0.15, -0.1) is 0 Å². The zero-order chi connectivity index (χ0) is 13.5. The summed E-state index contributed by atoms with van der Waals surface area (Å²) in [7, 11) is 0. The first-order valence-corrected chi connectivity index (χ1v) is 7.07. The maximum atomic E-state index is 12.0. The van der Waals surface area contributed by atoms with E-state index in [2.05, 4.69) is 28.2 Å². The average molecular weight is 314 g/mol. The van der Waals surface area contributed by atoms with Crippen LogP contribution in [0.4, 0.5) is 5.69 Å². The molecule has 1 aromatic rings. The summed E-state index contributed by atoms with van der Waals surface area (Å²) in [6, 6.07) is 7.46. The molecule has 0 fully saturated rings. The van der Waals surface area contributed by atoms with Gasteiger partial charge in [-0.25, -0.2) is 4.79 Å². The van der Waals surface area contributed by atoms with E-state index in [0.29, 0.717) is 6.61 Å². The number of halogens is 1. The molecule has 1 rings (SSSR count). The first kappa shape index (κ1) is 15.0. The molecule has 100 valence electrons. The van der Waals surface area contributed by atoms with Gasteiger partial charge in [-0.3, -0.25) is 0 Å². The molecule has 4 heteroatoms. The van der Waals surface area contributed by atoms with Crippen molar-refractivity contribution in [2.24, 2.45) is 5.92 Å². The second kappa shape index (κ2) is 7.41. The summed E-state index contributed by atoms with van der Waals surface area (Å²) in [5.74, 6) is 0.0266. The monoisotopic (exact) mass is 313 g/mol. The van der Waals surface area contributed by atoms with Gasteiger partial charge >= 0.3 is 5.97 Å². The number of ether oxygens (including phenoxy) is 1. The highest BCUT2D eigenvalue weighted by molar-refractivity contribution is 9.10. The molecule has 1 aromatic carbocycles. The Kier molecular flexibility index (Phi) is 6.19. The lowest BCUT2D eigenvalue weighted by Gasteiger charge is -2.24. The van der Waals surface area contributed by atoms with Gasteiger partial charge in [0.25, 0.3) is 0 Å². The maximum absolute atomic E-state index is 12.0. The Morgan fingerprint density at radius 2 is 2.06 bits per heavy atom. The molecule has 0 heterocycles. The van der Waals surface area contributed by atoms with Gasteiger partial charge in [-0.1, -0.05) is 32.4 Å². The van der Waals surface area contributed by atoms with E-state index in [0.717, 1.165) is 16.6 Å². The van der Waals surface area contributed by atoms with E-state index in [1.807, 2.05) is 38.1 Å². The zero-order valence-electron chi connectivity index (χ0n) is 11.1. The van der Waals surface area contributed by atoms with Gasteiger partial charge in [0.05, 0.1) is 6.61 Å². The molecule has 0 bridgehead atoms. The molecule has 0 aromatic heterocycles. The van der Waals surface area contributed by atoms with Gasteiger partial charge in [0.15, 0.2) is 0 Å². The van der Waals surface area contributed by atoms with Gasteiger partial charge in [0.2, 0.25) is 0 Å². The highest BCUT2D eigenvalue weighted by Gasteiger charge is 2.25. The SMILES string of the molecule is CCOC(=O)C(Nc1ccccc1Br)C(C)CC. The van der Waals surface area contributed by atoms with Crippen molar-refractivity contribution >= 4 is 27.6 Å². The Hall–Kier alpha value is -1.03. The van der Waals surface area contributed by atoms with E-state index in [1.54, 1.807) is 0 Å². The minimum atomic E-state index is -0.311. The molecular weight excluding hydrogens is 294 g/mol. The van der Waals surface area contributed by atoms with Crippen molar-refractivity contribution < 1.29 is 9.53 Å². The summed E-state index contributed by atoms with van der Waals surface area (Å²) in [5, 5.41) is 3.26. The number of anilines is 1. The van der Waals surface area contributed by atoms with E-state index in [9.17, 15) is 4.79 Å². The molecule has 0 spiro atoms. The summed E-state index contributed by atoms with van der Waals surface area (Å²) < 4.78 is 6.07. The lowest BCUT2D eigenvalue weighted by atomic mass is 9.99. The fourth-order valence-corrected chi connectivity index (χ4v) is 2.05. The fourth-order valence-electron chi connectivity index (χ4n) is 1.65. The van der Waals surface area contributed by atoms with E-state index < -0.39 is 0 Å². The van der Waals surface area contributed by atoms with Crippen LogP contribution in [-0.4, -0.2) is 18.6 Å². The molecule has 2 unspecified atom stereocenters. The van der Waals surface area contributed by atoms with Crippen LogP contribution in [0.3, 0.4) is 0 Å². The van der Waals surface area contributed by atoms with E-state index in [-0.39, 0.29) is 17.9 Å². The summed E-state index contributed by atoms with van der Waals surface area (Å²) in [6.07, 6.45) is 0.918. The third-order valence-electron chi connectivity index (χ3n) is 2.94. The van der Waals surface area contributed by atoms with Crippen molar-refractivity contribution in [3.63, 3.8) is 0 Å².